The number of benzene rings is 1. The zero-order valence-electron chi connectivity index (χ0n) is 7.53. The van der Waals surface area contributed by atoms with E-state index in [2.05, 4.69) is 21.9 Å². The highest BCUT2D eigenvalue weighted by atomic mass is 35.5. The Morgan fingerprint density at radius 3 is 2.21 bits per heavy atom. The maximum absolute atomic E-state index is 6.00. The van der Waals surface area contributed by atoms with Crippen LogP contribution in [0.4, 0.5) is 0 Å². The first-order valence-electron chi connectivity index (χ1n) is 4.19. The summed E-state index contributed by atoms with van der Waals surface area (Å²) in [4.78, 5) is 0. The summed E-state index contributed by atoms with van der Waals surface area (Å²) in [5.74, 6) is 0. The predicted octanol–water partition coefficient (Wildman–Crippen LogP) is -0.449. The average molecular weight is 216 g/mol. The molecular formula is C8H14ClN5. The second-order valence-corrected chi connectivity index (χ2v) is 2.95. The predicted molar refractivity (Wildman–Crippen MR) is 56.9 cm³/mol. The summed E-state index contributed by atoms with van der Waals surface area (Å²) in [7, 11) is 0. The number of nitrogens with one attached hydrogen (secondary N) is 4. The van der Waals surface area contributed by atoms with E-state index in [0.29, 0.717) is 0 Å². The van der Waals surface area contributed by atoms with Crippen molar-refractivity contribution in [2.24, 2.45) is 5.73 Å². The van der Waals surface area contributed by atoms with Gasteiger partial charge in [0.05, 0.1) is 6.04 Å². The van der Waals surface area contributed by atoms with E-state index in [0.717, 1.165) is 5.56 Å². The fourth-order valence-electron chi connectivity index (χ4n) is 1.31. The number of hydrogen-bond donors (Lipinski definition) is 5. The summed E-state index contributed by atoms with van der Waals surface area (Å²) in [6.07, 6.45) is 0.00222. The van der Waals surface area contributed by atoms with Gasteiger partial charge in [-0.2, -0.15) is 11.1 Å². The Morgan fingerprint density at radius 1 is 1.07 bits per heavy atom. The third kappa shape index (κ3) is 2.42. The van der Waals surface area contributed by atoms with Gasteiger partial charge in [-0.25, -0.2) is 10.9 Å². The molecule has 0 aliphatic carbocycles. The number of hydrogen-bond acceptors (Lipinski definition) is 5. The van der Waals surface area contributed by atoms with Gasteiger partial charge in [-0.05, 0) is 5.56 Å². The van der Waals surface area contributed by atoms with Crippen molar-refractivity contribution in [3.8, 4) is 0 Å². The molecule has 14 heavy (non-hydrogen) atoms. The summed E-state index contributed by atoms with van der Waals surface area (Å²) < 4.78 is 0. The Labute approximate surface area is 88.8 Å². The van der Waals surface area contributed by atoms with Gasteiger partial charge in [0.1, 0.15) is 6.17 Å². The second kappa shape index (κ2) is 5.26. The van der Waals surface area contributed by atoms with Gasteiger partial charge in [-0.15, -0.1) is 12.4 Å². The minimum Gasteiger partial charge on any atom is -0.321 e. The molecule has 0 bridgehead atoms. The number of halogens is 1. The molecule has 5 nitrogen and oxygen atoms in total. The quantitative estimate of drug-likeness (QED) is 0.462. The van der Waals surface area contributed by atoms with Crippen LogP contribution in [0.3, 0.4) is 0 Å². The zero-order chi connectivity index (χ0) is 9.10. The largest absolute Gasteiger partial charge is 0.321 e. The van der Waals surface area contributed by atoms with Crippen molar-refractivity contribution in [3.63, 3.8) is 0 Å². The first kappa shape index (κ1) is 11.4. The molecule has 0 radical (unpaired) electrons. The Hall–Kier alpha value is -0.690. The van der Waals surface area contributed by atoms with Gasteiger partial charge >= 0.3 is 0 Å². The van der Waals surface area contributed by atoms with E-state index in [-0.39, 0.29) is 24.6 Å². The molecule has 78 valence electrons. The number of nitrogens with two attached hydrogens (primary N) is 1. The SMILES string of the molecule is Cl.NC(c1ccccc1)C1NNNN1. The van der Waals surface area contributed by atoms with Crippen LogP contribution in [0.5, 0.6) is 0 Å². The molecule has 1 saturated heterocycles. The fraction of sp³-hybridized carbons (Fsp3) is 0.250. The molecule has 6 N–H and O–H groups in total. The zero-order valence-corrected chi connectivity index (χ0v) is 8.34. The molecule has 0 aromatic heterocycles. The van der Waals surface area contributed by atoms with Crippen LogP contribution in [0, 0.1) is 0 Å². The second-order valence-electron chi connectivity index (χ2n) is 2.95. The van der Waals surface area contributed by atoms with Crippen LogP contribution in [0.1, 0.15) is 11.6 Å². The molecule has 1 fully saturated rings. The summed E-state index contributed by atoms with van der Waals surface area (Å²) in [5, 5.41) is 0. The van der Waals surface area contributed by atoms with Crippen molar-refractivity contribution >= 4 is 12.4 Å². The molecule has 1 atom stereocenters. The van der Waals surface area contributed by atoms with Crippen LogP contribution >= 0.6 is 12.4 Å². The van der Waals surface area contributed by atoms with Crippen molar-refractivity contribution in [2.75, 3.05) is 0 Å². The normalized spacial score (nSPS) is 18.9. The summed E-state index contributed by atoms with van der Waals surface area (Å²) in [6.45, 7) is 0. The van der Waals surface area contributed by atoms with E-state index in [4.69, 9.17) is 5.73 Å². The van der Waals surface area contributed by atoms with Gasteiger partial charge in [0.2, 0.25) is 0 Å². The molecule has 1 heterocycles. The van der Waals surface area contributed by atoms with E-state index in [1.807, 2.05) is 30.3 Å². The lowest BCUT2D eigenvalue weighted by atomic mass is 10.1. The Morgan fingerprint density at radius 2 is 1.64 bits per heavy atom. The van der Waals surface area contributed by atoms with Crippen LogP contribution in [0.15, 0.2) is 30.3 Å². The van der Waals surface area contributed by atoms with Gasteiger partial charge in [-0.3, -0.25) is 0 Å². The minimum absolute atomic E-state index is 0. The van der Waals surface area contributed by atoms with E-state index < -0.39 is 0 Å². The molecule has 2 rings (SSSR count). The lowest BCUT2D eigenvalue weighted by Crippen LogP contribution is -2.43. The Kier molecular flexibility index (Phi) is 4.27. The lowest BCUT2D eigenvalue weighted by Gasteiger charge is -2.17. The number of hydrazine groups is 3. The molecule has 1 aliphatic rings. The molecule has 1 aromatic rings. The molecule has 1 unspecified atom stereocenters. The topological polar surface area (TPSA) is 74.1 Å². The maximum Gasteiger partial charge on any atom is 0.105 e. The molecule has 1 aromatic carbocycles. The Balaban J connectivity index is 0.000000980. The standard InChI is InChI=1S/C8H13N5.ClH/c9-7(8-10-12-13-11-8)6-4-2-1-3-5-6;/h1-5,7-8,10-13H,9H2;1H. The Bertz CT molecular complexity index is 262. The average Bonchev–Trinajstić information content (AvgIpc) is 2.71. The van der Waals surface area contributed by atoms with Gasteiger partial charge in [-0.1, -0.05) is 30.3 Å². The maximum atomic E-state index is 6.00. The van der Waals surface area contributed by atoms with Gasteiger partial charge < -0.3 is 5.73 Å². The van der Waals surface area contributed by atoms with Gasteiger partial charge in [0, 0.05) is 0 Å². The van der Waals surface area contributed by atoms with Gasteiger partial charge in [0.25, 0.3) is 0 Å². The highest BCUT2D eigenvalue weighted by Gasteiger charge is 2.21. The van der Waals surface area contributed by atoms with Crippen LogP contribution in [0.2, 0.25) is 0 Å². The summed E-state index contributed by atoms with van der Waals surface area (Å²) in [6, 6.07) is 9.86. The molecule has 0 saturated carbocycles. The molecule has 1 aliphatic heterocycles. The first-order chi connectivity index (χ1) is 6.38. The third-order valence-corrected chi connectivity index (χ3v) is 2.06. The van der Waals surface area contributed by atoms with Crippen molar-refractivity contribution in [2.45, 2.75) is 12.2 Å². The van der Waals surface area contributed by atoms with Crippen molar-refractivity contribution in [3.05, 3.63) is 35.9 Å². The first-order valence-corrected chi connectivity index (χ1v) is 4.19. The van der Waals surface area contributed by atoms with Crippen LogP contribution in [-0.2, 0) is 0 Å². The molecule has 0 amide bonds. The number of rotatable bonds is 2. The van der Waals surface area contributed by atoms with Crippen molar-refractivity contribution in [1.29, 1.82) is 0 Å². The van der Waals surface area contributed by atoms with Crippen LogP contribution < -0.4 is 27.7 Å². The monoisotopic (exact) mass is 215 g/mol. The van der Waals surface area contributed by atoms with E-state index in [1.165, 1.54) is 0 Å². The lowest BCUT2D eigenvalue weighted by molar-refractivity contribution is 0.440. The third-order valence-electron chi connectivity index (χ3n) is 2.06. The minimum atomic E-state index is -0.0799. The fourth-order valence-corrected chi connectivity index (χ4v) is 1.31. The van der Waals surface area contributed by atoms with E-state index in [9.17, 15) is 0 Å². The molecule has 0 spiro atoms. The van der Waals surface area contributed by atoms with Crippen molar-refractivity contribution < 1.29 is 0 Å². The molecule has 6 heteroatoms. The van der Waals surface area contributed by atoms with E-state index in [1.54, 1.807) is 0 Å². The highest BCUT2D eigenvalue weighted by molar-refractivity contribution is 5.85. The van der Waals surface area contributed by atoms with Crippen molar-refractivity contribution in [1.82, 2.24) is 21.9 Å². The molecular weight excluding hydrogens is 202 g/mol. The van der Waals surface area contributed by atoms with Crippen LogP contribution in [0.25, 0.3) is 0 Å². The smallest absolute Gasteiger partial charge is 0.105 e. The highest BCUT2D eigenvalue weighted by Crippen LogP contribution is 2.11. The van der Waals surface area contributed by atoms with E-state index >= 15 is 0 Å². The van der Waals surface area contributed by atoms with Crippen LogP contribution in [-0.4, -0.2) is 6.17 Å². The summed E-state index contributed by atoms with van der Waals surface area (Å²) in [5.41, 5.74) is 18.5. The summed E-state index contributed by atoms with van der Waals surface area (Å²) >= 11 is 0. The van der Waals surface area contributed by atoms with Gasteiger partial charge in [0.15, 0.2) is 0 Å².